The van der Waals surface area contributed by atoms with Crippen LogP contribution in [0.25, 0.3) is 22.4 Å². The molecule has 6 nitrogen and oxygen atoms in total. The average Bonchev–Trinajstić information content (AvgIpc) is 3.19. The molecule has 0 amide bonds. The number of nitrogens with zero attached hydrogens (tertiary/aromatic N) is 4. The number of aromatic nitrogens is 4. The molecule has 0 bridgehead atoms. The molecule has 0 radical (unpaired) electrons. The zero-order valence-corrected chi connectivity index (χ0v) is 16.6. The first-order chi connectivity index (χ1) is 14.3. The van der Waals surface area contributed by atoms with Gasteiger partial charge in [0.1, 0.15) is 10.5 Å². The minimum Gasteiger partial charge on any atom is -0.422 e. The second kappa shape index (κ2) is 7.83. The Balaban J connectivity index is 1.59. The highest BCUT2D eigenvalue weighted by Crippen LogP contribution is 2.37. The Morgan fingerprint density at radius 2 is 1.79 bits per heavy atom. The Hall–Kier alpha value is -2.93. The summed E-state index contributed by atoms with van der Waals surface area (Å²) in [6.45, 7) is 0. The second-order valence-corrected chi connectivity index (χ2v) is 8.25. The van der Waals surface area contributed by atoms with E-state index in [-0.39, 0.29) is 5.63 Å². The summed E-state index contributed by atoms with van der Waals surface area (Å²) in [4.78, 5) is 17.2. The van der Waals surface area contributed by atoms with E-state index in [9.17, 15) is 4.79 Å². The third-order valence-electron chi connectivity index (χ3n) is 5.35. The summed E-state index contributed by atoms with van der Waals surface area (Å²) < 4.78 is 7.70. The van der Waals surface area contributed by atoms with Gasteiger partial charge in [-0.05, 0) is 48.9 Å². The molecular formula is C22H20N4O2S. The van der Waals surface area contributed by atoms with Crippen molar-refractivity contribution in [1.82, 2.24) is 19.7 Å². The molecule has 0 spiro atoms. The SMILES string of the molecule is O=c1oc2ccccc2cc1Sc1nnc(-c2ccncc2)n1C1CCCCC1. The molecule has 146 valence electrons. The monoisotopic (exact) mass is 404 g/mol. The third kappa shape index (κ3) is 3.58. The van der Waals surface area contributed by atoms with Gasteiger partial charge >= 0.3 is 5.63 Å². The zero-order valence-electron chi connectivity index (χ0n) is 15.8. The van der Waals surface area contributed by atoms with Crippen LogP contribution in [0.1, 0.15) is 38.1 Å². The van der Waals surface area contributed by atoms with Gasteiger partial charge in [-0.15, -0.1) is 10.2 Å². The summed E-state index contributed by atoms with van der Waals surface area (Å²) in [5, 5.41) is 10.6. The lowest BCUT2D eigenvalue weighted by Gasteiger charge is -2.25. The largest absolute Gasteiger partial charge is 0.422 e. The number of fused-ring (bicyclic) bond motifs is 1. The standard InChI is InChI=1S/C22H20N4O2S/c27-21-19(14-16-6-4-5-9-18(16)28-21)29-22-25-24-20(15-10-12-23-13-11-15)26(22)17-7-2-1-3-8-17/h4-6,9-14,17H,1-3,7-8H2. The first kappa shape index (κ1) is 18.1. The van der Waals surface area contributed by atoms with Gasteiger partial charge in [0.15, 0.2) is 11.0 Å². The normalized spacial score (nSPS) is 15.0. The topological polar surface area (TPSA) is 73.8 Å². The van der Waals surface area contributed by atoms with Crippen LogP contribution < -0.4 is 5.63 Å². The van der Waals surface area contributed by atoms with Crippen LogP contribution in [0.15, 0.2) is 74.1 Å². The Labute approximate surface area is 172 Å². The summed E-state index contributed by atoms with van der Waals surface area (Å²) >= 11 is 1.33. The van der Waals surface area contributed by atoms with E-state index in [1.165, 1.54) is 31.0 Å². The highest BCUT2D eigenvalue weighted by atomic mass is 32.2. The third-order valence-corrected chi connectivity index (χ3v) is 6.32. The highest BCUT2D eigenvalue weighted by molar-refractivity contribution is 7.99. The van der Waals surface area contributed by atoms with Crippen molar-refractivity contribution in [2.75, 3.05) is 0 Å². The predicted molar refractivity (Wildman–Crippen MR) is 112 cm³/mol. The molecule has 7 heteroatoms. The fourth-order valence-electron chi connectivity index (χ4n) is 3.93. The number of benzene rings is 1. The lowest BCUT2D eigenvalue weighted by molar-refractivity contribution is 0.339. The van der Waals surface area contributed by atoms with Crippen LogP contribution in [0, 0.1) is 0 Å². The first-order valence-corrected chi connectivity index (χ1v) is 10.7. The highest BCUT2D eigenvalue weighted by Gasteiger charge is 2.25. The van der Waals surface area contributed by atoms with Crippen LogP contribution in [0.3, 0.4) is 0 Å². The number of hydrogen-bond acceptors (Lipinski definition) is 6. The molecule has 1 aliphatic rings. The molecule has 0 aliphatic heterocycles. The number of para-hydroxylation sites is 1. The lowest BCUT2D eigenvalue weighted by atomic mass is 9.95. The summed E-state index contributed by atoms with van der Waals surface area (Å²) in [7, 11) is 0. The molecule has 3 aromatic heterocycles. The van der Waals surface area contributed by atoms with Gasteiger partial charge in [0.05, 0.1) is 0 Å². The molecule has 1 aromatic carbocycles. The van der Waals surface area contributed by atoms with Gasteiger partial charge in [-0.25, -0.2) is 4.79 Å². The van der Waals surface area contributed by atoms with Gasteiger partial charge in [0.2, 0.25) is 0 Å². The van der Waals surface area contributed by atoms with Crippen molar-refractivity contribution in [3.05, 3.63) is 65.3 Å². The van der Waals surface area contributed by atoms with Crippen LogP contribution in [0.5, 0.6) is 0 Å². The number of pyridine rings is 1. The van der Waals surface area contributed by atoms with Crippen LogP contribution in [-0.2, 0) is 0 Å². The summed E-state index contributed by atoms with van der Waals surface area (Å²) in [6, 6.07) is 13.6. The minimum absolute atomic E-state index is 0.330. The zero-order chi connectivity index (χ0) is 19.6. The van der Waals surface area contributed by atoms with Crippen molar-refractivity contribution < 1.29 is 4.42 Å². The van der Waals surface area contributed by atoms with Gasteiger partial charge in [-0.2, -0.15) is 0 Å². The molecule has 3 heterocycles. The molecule has 5 rings (SSSR count). The molecule has 0 saturated heterocycles. The molecule has 0 unspecified atom stereocenters. The van der Waals surface area contributed by atoms with Crippen molar-refractivity contribution in [2.45, 2.75) is 48.2 Å². The Morgan fingerprint density at radius 3 is 2.62 bits per heavy atom. The van der Waals surface area contributed by atoms with Crippen molar-refractivity contribution >= 4 is 22.7 Å². The molecular weight excluding hydrogens is 384 g/mol. The molecule has 1 fully saturated rings. The maximum atomic E-state index is 12.5. The predicted octanol–water partition coefficient (Wildman–Crippen LogP) is 5.10. The van der Waals surface area contributed by atoms with Crippen LogP contribution in [-0.4, -0.2) is 19.7 Å². The Bertz CT molecular complexity index is 1200. The summed E-state index contributed by atoms with van der Waals surface area (Å²) in [5.74, 6) is 0.826. The Morgan fingerprint density at radius 1 is 1.00 bits per heavy atom. The average molecular weight is 404 g/mol. The quantitative estimate of drug-likeness (QED) is 0.441. The van der Waals surface area contributed by atoms with E-state index in [0.29, 0.717) is 16.5 Å². The fourth-order valence-corrected chi connectivity index (χ4v) is 4.85. The van der Waals surface area contributed by atoms with E-state index < -0.39 is 0 Å². The maximum Gasteiger partial charge on any atom is 0.350 e. The summed E-state index contributed by atoms with van der Waals surface area (Å²) in [6.07, 6.45) is 9.37. The fraction of sp³-hybridized carbons (Fsp3) is 0.273. The van der Waals surface area contributed by atoms with Gasteiger partial charge in [0, 0.05) is 29.4 Å². The van der Waals surface area contributed by atoms with Gasteiger partial charge in [0.25, 0.3) is 0 Å². The van der Waals surface area contributed by atoms with E-state index in [1.54, 1.807) is 18.5 Å². The van der Waals surface area contributed by atoms with Crippen LogP contribution in [0.2, 0.25) is 0 Å². The van der Waals surface area contributed by atoms with Gasteiger partial charge in [-0.3, -0.25) is 9.55 Å². The molecule has 0 N–H and O–H groups in total. The van der Waals surface area contributed by atoms with Gasteiger partial charge < -0.3 is 4.42 Å². The number of hydrogen-bond donors (Lipinski definition) is 0. The van der Waals surface area contributed by atoms with Crippen LogP contribution >= 0.6 is 11.8 Å². The summed E-state index contributed by atoms with van der Waals surface area (Å²) in [5.41, 5.74) is 1.22. The van der Waals surface area contributed by atoms with E-state index in [2.05, 4.69) is 19.7 Å². The minimum atomic E-state index is -0.350. The van der Waals surface area contributed by atoms with E-state index in [0.717, 1.165) is 34.8 Å². The van der Waals surface area contributed by atoms with Crippen molar-refractivity contribution in [3.63, 3.8) is 0 Å². The smallest absolute Gasteiger partial charge is 0.350 e. The number of rotatable bonds is 4. The van der Waals surface area contributed by atoms with Gasteiger partial charge in [-0.1, -0.05) is 37.5 Å². The Kier molecular flexibility index (Phi) is 4.89. The van der Waals surface area contributed by atoms with Crippen LogP contribution in [0.4, 0.5) is 0 Å². The second-order valence-electron chi connectivity index (χ2n) is 7.24. The van der Waals surface area contributed by atoms with Crippen molar-refractivity contribution in [2.24, 2.45) is 0 Å². The van der Waals surface area contributed by atoms with Crippen molar-refractivity contribution in [3.8, 4) is 11.4 Å². The molecule has 1 aliphatic carbocycles. The lowest BCUT2D eigenvalue weighted by Crippen LogP contribution is -2.15. The van der Waals surface area contributed by atoms with Crippen molar-refractivity contribution in [1.29, 1.82) is 0 Å². The molecule has 4 aromatic rings. The molecule has 0 atom stereocenters. The molecule has 1 saturated carbocycles. The molecule has 29 heavy (non-hydrogen) atoms. The maximum absolute atomic E-state index is 12.5. The van der Waals surface area contributed by atoms with E-state index in [1.807, 2.05) is 36.4 Å². The first-order valence-electron chi connectivity index (χ1n) is 9.85. The van der Waals surface area contributed by atoms with E-state index >= 15 is 0 Å². The van der Waals surface area contributed by atoms with E-state index in [4.69, 9.17) is 4.42 Å².